The zero-order chi connectivity index (χ0) is 21.6. The molecule has 0 aliphatic rings. The number of hydrogen-bond donors (Lipinski definition) is 1. The Balaban J connectivity index is 1.38. The maximum absolute atomic E-state index is 12.2. The monoisotopic (exact) mass is 434 g/mol. The zero-order valence-electron chi connectivity index (χ0n) is 16.5. The predicted molar refractivity (Wildman–Crippen MR) is 118 cm³/mol. The summed E-state index contributed by atoms with van der Waals surface area (Å²) < 4.78 is 12.5. The van der Waals surface area contributed by atoms with Crippen LogP contribution in [0, 0.1) is 0 Å². The molecule has 0 unspecified atom stereocenters. The average molecular weight is 434 g/mol. The number of amides is 1. The van der Waals surface area contributed by atoms with E-state index in [0.717, 1.165) is 11.0 Å². The lowest BCUT2D eigenvalue weighted by Crippen LogP contribution is -2.22. The number of rotatable bonds is 7. The van der Waals surface area contributed by atoms with Crippen LogP contribution in [-0.2, 0) is 11.3 Å². The maximum atomic E-state index is 12.2. The van der Waals surface area contributed by atoms with Gasteiger partial charge in [0.05, 0.1) is 30.7 Å². The number of fused-ring (bicyclic) bond motifs is 1. The first-order chi connectivity index (χ1) is 15.1. The Kier molecular flexibility index (Phi) is 6.04. The molecular formula is C22H18N4O4S. The van der Waals surface area contributed by atoms with Crippen molar-refractivity contribution in [3.05, 3.63) is 76.7 Å². The molecule has 0 fully saturated rings. The van der Waals surface area contributed by atoms with Gasteiger partial charge < -0.3 is 14.0 Å². The van der Waals surface area contributed by atoms with E-state index >= 15 is 0 Å². The molecule has 0 spiro atoms. The standard InChI is InChI=1S/C22H18N4O4S/c1-29-19-11-15(8-9-18(19)30-22(28)20-7-4-10-31-20)12-24-25-21(27)13-26-14-23-16-5-2-3-6-17(16)26/h2-12,14H,13H2,1H3,(H,25,27)/b24-12-. The number of methoxy groups -OCH3 is 1. The number of imidazole rings is 1. The Morgan fingerprint density at radius 3 is 2.84 bits per heavy atom. The largest absolute Gasteiger partial charge is 0.493 e. The van der Waals surface area contributed by atoms with E-state index in [1.807, 2.05) is 24.3 Å². The first kappa shape index (κ1) is 20.3. The molecule has 1 amide bonds. The van der Waals surface area contributed by atoms with E-state index in [-0.39, 0.29) is 12.5 Å². The van der Waals surface area contributed by atoms with Crippen LogP contribution in [0.3, 0.4) is 0 Å². The number of ether oxygens (including phenoxy) is 2. The second-order valence-electron chi connectivity index (χ2n) is 6.43. The minimum atomic E-state index is -0.450. The van der Waals surface area contributed by atoms with Gasteiger partial charge in [0.2, 0.25) is 0 Å². The SMILES string of the molecule is COc1cc(/C=N\NC(=O)Cn2cnc3ccccc32)ccc1OC(=O)c1cccs1. The van der Waals surface area contributed by atoms with Gasteiger partial charge in [-0.25, -0.2) is 15.2 Å². The first-order valence-electron chi connectivity index (χ1n) is 9.29. The molecule has 0 aliphatic heterocycles. The third kappa shape index (κ3) is 4.78. The smallest absolute Gasteiger partial charge is 0.353 e. The summed E-state index contributed by atoms with van der Waals surface area (Å²) in [6.07, 6.45) is 3.10. The summed E-state index contributed by atoms with van der Waals surface area (Å²) in [7, 11) is 1.48. The molecule has 0 radical (unpaired) electrons. The highest BCUT2D eigenvalue weighted by Gasteiger charge is 2.13. The minimum absolute atomic E-state index is 0.0960. The second-order valence-corrected chi connectivity index (χ2v) is 7.38. The van der Waals surface area contributed by atoms with E-state index in [4.69, 9.17) is 9.47 Å². The molecule has 2 aromatic heterocycles. The van der Waals surface area contributed by atoms with Gasteiger partial charge in [-0.3, -0.25) is 4.79 Å². The van der Waals surface area contributed by atoms with E-state index in [0.29, 0.717) is 21.9 Å². The Bertz CT molecular complexity index is 1250. The van der Waals surface area contributed by atoms with Crippen LogP contribution >= 0.6 is 11.3 Å². The summed E-state index contributed by atoms with van der Waals surface area (Å²) in [5.41, 5.74) is 4.86. The van der Waals surface area contributed by atoms with Gasteiger partial charge in [-0.15, -0.1) is 11.3 Å². The quantitative estimate of drug-likeness (QED) is 0.208. The van der Waals surface area contributed by atoms with E-state index in [1.165, 1.54) is 24.7 Å². The molecule has 0 aliphatic carbocycles. The van der Waals surface area contributed by atoms with Crippen LogP contribution in [0.25, 0.3) is 11.0 Å². The normalized spacial score (nSPS) is 11.0. The van der Waals surface area contributed by atoms with Crippen LogP contribution in [0.5, 0.6) is 11.5 Å². The number of thiophene rings is 1. The van der Waals surface area contributed by atoms with Gasteiger partial charge in [0, 0.05) is 0 Å². The molecule has 0 saturated carbocycles. The topological polar surface area (TPSA) is 94.8 Å². The fourth-order valence-electron chi connectivity index (χ4n) is 2.90. The van der Waals surface area contributed by atoms with Gasteiger partial charge >= 0.3 is 5.97 Å². The maximum Gasteiger partial charge on any atom is 0.353 e. The summed E-state index contributed by atoms with van der Waals surface area (Å²) in [6, 6.07) is 16.0. The van der Waals surface area contributed by atoms with Crippen molar-refractivity contribution in [2.45, 2.75) is 6.54 Å². The van der Waals surface area contributed by atoms with Crippen LogP contribution in [0.1, 0.15) is 15.2 Å². The summed E-state index contributed by atoms with van der Waals surface area (Å²) >= 11 is 1.30. The van der Waals surface area contributed by atoms with Gasteiger partial charge in [0.1, 0.15) is 11.4 Å². The molecule has 8 nitrogen and oxygen atoms in total. The van der Waals surface area contributed by atoms with Gasteiger partial charge in [-0.1, -0.05) is 18.2 Å². The number of aromatic nitrogens is 2. The van der Waals surface area contributed by atoms with Crippen LogP contribution in [0.2, 0.25) is 0 Å². The van der Waals surface area contributed by atoms with Crippen molar-refractivity contribution < 1.29 is 19.1 Å². The van der Waals surface area contributed by atoms with Crippen molar-refractivity contribution in [1.82, 2.24) is 15.0 Å². The van der Waals surface area contributed by atoms with Crippen molar-refractivity contribution >= 4 is 40.5 Å². The first-order valence-corrected chi connectivity index (χ1v) is 10.2. The lowest BCUT2D eigenvalue weighted by atomic mass is 10.2. The fourth-order valence-corrected chi connectivity index (χ4v) is 3.50. The lowest BCUT2D eigenvalue weighted by molar-refractivity contribution is -0.121. The van der Waals surface area contributed by atoms with Crippen molar-refractivity contribution in [2.75, 3.05) is 7.11 Å². The van der Waals surface area contributed by atoms with Crippen LogP contribution in [0.4, 0.5) is 0 Å². The summed E-state index contributed by atoms with van der Waals surface area (Å²) in [5, 5.41) is 5.79. The molecule has 0 bridgehead atoms. The molecule has 0 saturated heterocycles. The molecule has 9 heteroatoms. The molecular weight excluding hydrogens is 416 g/mol. The van der Waals surface area contributed by atoms with Crippen molar-refractivity contribution in [3.63, 3.8) is 0 Å². The predicted octanol–water partition coefficient (Wildman–Crippen LogP) is 3.48. The minimum Gasteiger partial charge on any atom is -0.493 e. The Morgan fingerprint density at radius 1 is 1.16 bits per heavy atom. The van der Waals surface area contributed by atoms with Crippen LogP contribution < -0.4 is 14.9 Å². The molecule has 2 aromatic carbocycles. The second kappa shape index (κ2) is 9.23. The van der Waals surface area contributed by atoms with E-state index in [2.05, 4.69) is 15.5 Å². The van der Waals surface area contributed by atoms with E-state index < -0.39 is 5.97 Å². The molecule has 4 aromatic rings. The molecule has 2 heterocycles. The number of nitrogens with zero attached hydrogens (tertiary/aromatic N) is 3. The van der Waals surface area contributed by atoms with Gasteiger partial charge in [-0.2, -0.15) is 5.10 Å². The van der Waals surface area contributed by atoms with Crippen molar-refractivity contribution in [1.29, 1.82) is 0 Å². The number of hydrogen-bond acceptors (Lipinski definition) is 7. The number of hydrazone groups is 1. The molecule has 0 atom stereocenters. The number of carbonyl (C=O) groups excluding carboxylic acids is 2. The van der Waals surface area contributed by atoms with E-state index in [1.54, 1.807) is 46.6 Å². The molecule has 1 N–H and O–H groups in total. The number of nitrogens with one attached hydrogen (secondary N) is 1. The molecule has 156 valence electrons. The highest BCUT2D eigenvalue weighted by molar-refractivity contribution is 7.12. The zero-order valence-corrected chi connectivity index (χ0v) is 17.3. The Labute approximate surface area is 181 Å². The average Bonchev–Trinajstić information content (AvgIpc) is 3.45. The van der Waals surface area contributed by atoms with Gasteiger partial charge in [0.15, 0.2) is 11.5 Å². The summed E-state index contributed by atoms with van der Waals surface area (Å²) in [6.45, 7) is 0.0960. The number of carbonyl (C=O) groups is 2. The van der Waals surface area contributed by atoms with Crippen molar-refractivity contribution in [3.8, 4) is 11.5 Å². The lowest BCUT2D eigenvalue weighted by Gasteiger charge is -2.09. The Morgan fingerprint density at radius 2 is 2.03 bits per heavy atom. The summed E-state index contributed by atoms with van der Waals surface area (Å²) in [5.74, 6) is -0.0546. The van der Waals surface area contributed by atoms with Gasteiger partial charge in [-0.05, 0) is 47.3 Å². The number of benzene rings is 2. The third-order valence-corrected chi connectivity index (χ3v) is 5.21. The summed E-state index contributed by atoms with van der Waals surface area (Å²) in [4.78, 5) is 29.1. The fraction of sp³-hybridized carbons (Fsp3) is 0.0909. The number of esters is 1. The number of para-hydroxylation sites is 2. The van der Waals surface area contributed by atoms with Crippen LogP contribution in [0.15, 0.2) is 71.4 Å². The molecule has 4 rings (SSSR count). The van der Waals surface area contributed by atoms with Crippen LogP contribution in [-0.4, -0.2) is 34.8 Å². The highest BCUT2D eigenvalue weighted by atomic mass is 32.1. The third-order valence-electron chi connectivity index (χ3n) is 4.36. The van der Waals surface area contributed by atoms with Gasteiger partial charge in [0.25, 0.3) is 5.91 Å². The van der Waals surface area contributed by atoms with E-state index in [9.17, 15) is 9.59 Å². The highest BCUT2D eigenvalue weighted by Crippen LogP contribution is 2.28. The molecule has 31 heavy (non-hydrogen) atoms. The van der Waals surface area contributed by atoms with Crippen molar-refractivity contribution in [2.24, 2.45) is 5.10 Å². The Hall–Kier alpha value is -3.98.